The van der Waals surface area contributed by atoms with Gasteiger partial charge in [-0.05, 0) is 43.0 Å². The molecule has 0 fully saturated rings. The van der Waals surface area contributed by atoms with Gasteiger partial charge in [0.25, 0.3) is 0 Å². The number of aryl methyl sites for hydroxylation is 1. The first-order valence-corrected chi connectivity index (χ1v) is 9.25. The van der Waals surface area contributed by atoms with Gasteiger partial charge in [0.1, 0.15) is 5.75 Å². The lowest BCUT2D eigenvalue weighted by Crippen LogP contribution is -2.30. The molecule has 0 heterocycles. The number of hydrogen-bond acceptors (Lipinski definition) is 4. The van der Waals surface area contributed by atoms with Crippen molar-refractivity contribution in [1.82, 2.24) is 5.32 Å². The van der Waals surface area contributed by atoms with Crippen molar-refractivity contribution >= 4 is 11.9 Å². The maximum absolute atomic E-state index is 12.4. The van der Waals surface area contributed by atoms with Crippen LogP contribution < -0.4 is 10.1 Å². The zero-order valence-electron chi connectivity index (χ0n) is 15.9. The lowest BCUT2D eigenvalue weighted by molar-refractivity contribution is -0.143. The summed E-state index contributed by atoms with van der Waals surface area (Å²) >= 11 is 0. The van der Waals surface area contributed by atoms with Gasteiger partial charge < -0.3 is 14.8 Å². The smallest absolute Gasteiger partial charge is 0.308 e. The second-order valence-electron chi connectivity index (χ2n) is 6.25. The molecular formula is C22H27NO4. The molecule has 2 rings (SSSR count). The summed E-state index contributed by atoms with van der Waals surface area (Å²) in [4.78, 5) is 24.4. The molecule has 2 aromatic carbocycles. The van der Waals surface area contributed by atoms with Crippen molar-refractivity contribution in [3.8, 4) is 5.75 Å². The zero-order chi connectivity index (χ0) is 19.5. The summed E-state index contributed by atoms with van der Waals surface area (Å²) in [5.41, 5.74) is 2.03. The minimum atomic E-state index is -0.441. The Morgan fingerprint density at radius 2 is 1.85 bits per heavy atom. The van der Waals surface area contributed by atoms with E-state index in [1.54, 1.807) is 14.0 Å². The van der Waals surface area contributed by atoms with Gasteiger partial charge in [-0.15, -0.1) is 0 Å². The van der Waals surface area contributed by atoms with E-state index in [1.165, 1.54) is 5.56 Å². The van der Waals surface area contributed by atoms with E-state index in [4.69, 9.17) is 9.47 Å². The first kappa shape index (κ1) is 20.5. The normalized spacial score (nSPS) is 11.5. The molecule has 0 bridgehead atoms. The highest BCUT2D eigenvalue weighted by Crippen LogP contribution is 2.22. The Bertz CT molecular complexity index is 730. The Labute approximate surface area is 160 Å². The van der Waals surface area contributed by atoms with Crippen molar-refractivity contribution in [1.29, 1.82) is 0 Å². The van der Waals surface area contributed by atoms with E-state index in [0.29, 0.717) is 18.8 Å². The second kappa shape index (κ2) is 11.0. The van der Waals surface area contributed by atoms with E-state index >= 15 is 0 Å². The van der Waals surface area contributed by atoms with E-state index in [1.807, 2.05) is 42.5 Å². The molecule has 0 saturated carbocycles. The van der Waals surface area contributed by atoms with Crippen molar-refractivity contribution in [2.45, 2.75) is 38.6 Å². The second-order valence-corrected chi connectivity index (χ2v) is 6.25. The van der Waals surface area contributed by atoms with Crippen LogP contribution in [0.4, 0.5) is 0 Å². The van der Waals surface area contributed by atoms with Crippen LogP contribution in [0.2, 0.25) is 0 Å². The third-order valence-electron chi connectivity index (χ3n) is 4.22. The summed E-state index contributed by atoms with van der Waals surface area (Å²) in [6.07, 6.45) is 2.08. The molecule has 1 unspecified atom stereocenters. The Balaban J connectivity index is 1.97. The van der Waals surface area contributed by atoms with Crippen LogP contribution in [0.1, 0.15) is 43.4 Å². The van der Waals surface area contributed by atoms with Crippen molar-refractivity contribution < 1.29 is 19.1 Å². The molecule has 0 aliphatic heterocycles. The Morgan fingerprint density at radius 3 is 2.56 bits per heavy atom. The maximum Gasteiger partial charge on any atom is 0.308 e. The Morgan fingerprint density at radius 1 is 1.07 bits per heavy atom. The minimum absolute atomic E-state index is 0.0805. The monoisotopic (exact) mass is 369 g/mol. The molecule has 144 valence electrons. The number of methoxy groups -OCH3 is 1. The number of amides is 1. The largest absolute Gasteiger partial charge is 0.497 e. The molecule has 2 aromatic rings. The predicted molar refractivity (Wildman–Crippen MR) is 105 cm³/mol. The molecule has 1 atom stereocenters. The number of hydrogen-bond donors (Lipinski definition) is 1. The summed E-state index contributed by atoms with van der Waals surface area (Å²) < 4.78 is 10.3. The van der Waals surface area contributed by atoms with Crippen LogP contribution in [0.5, 0.6) is 5.75 Å². The average molecular weight is 369 g/mol. The maximum atomic E-state index is 12.4. The zero-order valence-corrected chi connectivity index (χ0v) is 15.9. The van der Waals surface area contributed by atoms with Crippen LogP contribution in [-0.2, 0) is 20.7 Å². The fourth-order valence-corrected chi connectivity index (χ4v) is 2.86. The number of ether oxygens (including phenoxy) is 2. The van der Waals surface area contributed by atoms with Gasteiger partial charge in [0, 0.05) is 6.42 Å². The van der Waals surface area contributed by atoms with Gasteiger partial charge in [0.15, 0.2) is 0 Å². The molecule has 0 saturated heterocycles. The Kier molecular flexibility index (Phi) is 8.36. The highest BCUT2D eigenvalue weighted by Gasteiger charge is 2.19. The van der Waals surface area contributed by atoms with E-state index in [9.17, 15) is 9.59 Å². The predicted octanol–water partition coefficient (Wildman–Crippen LogP) is 3.83. The topological polar surface area (TPSA) is 64.6 Å². The first-order chi connectivity index (χ1) is 13.1. The van der Waals surface area contributed by atoms with Crippen LogP contribution in [0, 0.1) is 0 Å². The highest BCUT2D eigenvalue weighted by atomic mass is 16.5. The molecule has 27 heavy (non-hydrogen) atoms. The van der Waals surface area contributed by atoms with Gasteiger partial charge >= 0.3 is 5.97 Å². The fraction of sp³-hybridized carbons (Fsp3) is 0.364. The van der Waals surface area contributed by atoms with E-state index in [2.05, 4.69) is 17.4 Å². The molecule has 0 spiro atoms. The number of nitrogens with one attached hydrogen (secondary N) is 1. The van der Waals surface area contributed by atoms with Gasteiger partial charge in [-0.2, -0.15) is 0 Å². The lowest BCUT2D eigenvalue weighted by atomic mass is 10.0. The van der Waals surface area contributed by atoms with Gasteiger partial charge in [-0.25, -0.2) is 0 Å². The molecule has 0 aliphatic carbocycles. The number of benzene rings is 2. The van der Waals surface area contributed by atoms with E-state index in [-0.39, 0.29) is 18.3 Å². The number of rotatable bonds is 10. The third-order valence-corrected chi connectivity index (χ3v) is 4.22. The van der Waals surface area contributed by atoms with Gasteiger partial charge in [-0.1, -0.05) is 42.5 Å². The van der Waals surface area contributed by atoms with Crippen LogP contribution in [-0.4, -0.2) is 25.6 Å². The summed E-state index contributed by atoms with van der Waals surface area (Å²) in [7, 11) is 1.58. The standard InChI is InChI=1S/C22H27NO4/c1-3-27-22(25)16-20(18-12-8-13-19(15-18)26-2)23-21(24)14-7-11-17-9-5-4-6-10-17/h4-6,8-10,12-13,15,20H,3,7,11,14,16H2,1-2H3,(H,23,24). The lowest BCUT2D eigenvalue weighted by Gasteiger charge is -2.19. The van der Waals surface area contributed by atoms with Crippen molar-refractivity contribution in [3.63, 3.8) is 0 Å². The number of esters is 1. The Hall–Kier alpha value is -2.82. The van der Waals surface area contributed by atoms with Crippen molar-refractivity contribution in [2.24, 2.45) is 0 Å². The average Bonchev–Trinajstić information content (AvgIpc) is 2.68. The summed E-state index contributed by atoms with van der Waals surface area (Å²) in [6, 6.07) is 17.0. The SMILES string of the molecule is CCOC(=O)CC(NC(=O)CCCc1ccccc1)c1cccc(OC)c1. The summed E-state index contributed by atoms with van der Waals surface area (Å²) in [5, 5.41) is 2.96. The molecule has 0 radical (unpaired) electrons. The number of carbonyl (C=O) groups is 2. The molecule has 0 aromatic heterocycles. The number of carbonyl (C=O) groups excluding carboxylic acids is 2. The van der Waals surface area contributed by atoms with E-state index in [0.717, 1.165) is 18.4 Å². The minimum Gasteiger partial charge on any atom is -0.497 e. The summed E-state index contributed by atoms with van der Waals surface area (Å²) in [6.45, 7) is 2.08. The highest BCUT2D eigenvalue weighted by molar-refractivity contribution is 5.78. The van der Waals surface area contributed by atoms with Gasteiger partial charge in [-0.3, -0.25) is 9.59 Å². The quantitative estimate of drug-likeness (QED) is 0.647. The van der Waals surface area contributed by atoms with Crippen LogP contribution in [0.25, 0.3) is 0 Å². The fourth-order valence-electron chi connectivity index (χ4n) is 2.86. The summed E-state index contributed by atoms with van der Waals surface area (Å²) in [5.74, 6) is 0.262. The van der Waals surface area contributed by atoms with Crippen molar-refractivity contribution in [3.05, 3.63) is 65.7 Å². The van der Waals surface area contributed by atoms with Gasteiger partial charge in [0.05, 0.1) is 26.2 Å². The van der Waals surface area contributed by atoms with Crippen LogP contribution in [0.15, 0.2) is 54.6 Å². The molecule has 5 heteroatoms. The van der Waals surface area contributed by atoms with Crippen LogP contribution in [0.3, 0.4) is 0 Å². The molecule has 5 nitrogen and oxygen atoms in total. The first-order valence-electron chi connectivity index (χ1n) is 9.25. The van der Waals surface area contributed by atoms with Gasteiger partial charge in [0.2, 0.25) is 5.91 Å². The molecule has 0 aliphatic rings. The molecule has 1 N–H and O–H groups in total. The van der Waals surface area contributed by atoms with Crippen molar-refractivity contribution in [2.75, 3.05) is 13.7 Å². The third kappa shape index (κ3) is 7.13. The van der Waals surface area contributed by atoms with E-state index < -0.39 is 6.04 Å². The van der Waals surface area contributed by atoms with Crippen LogP contribution >= 0.6 is 0 Å². The molecular weight excluding hydrogens is 342 g/mol. The molecule has 1 amide bonds.